The standard InChI is InChI=1S/C15H23F2N3O2.ClH/c1-19(2)6-7-20(15(21)14(18)10-22-3)9-11-4-5-12(16)13(17)8-11;/h4-5,8,14H,6-7,9-10,18H2,1-3H3;1H. The van der Waals surface area contributed by atoms with Crippen LogP contribution in [0, 0.1) is 11.6 Å². The lowest BCUT2D eigenvalue weighted by molar-refractivity contribution is -0.134. The van der Waals surface area contributed by atoms with Crippen LogP contribution in [0.5, 0.6) is 0 Å². The molecule has 0 aromatic heterocycles. The van der Waals surface area contributed by atoms with Gasteiger partial charge >= 0.3 is 0 Å². The Morgan fingerprint density at radius 1 is 1.26 bits per heavy atom. The molecule has 5 nitrogen and oxygen atoms in total. The van der Waals surface area contributed by atoms with Crippen LogP contribution in [0.1, 0.15) is 5.56 Å². The van der Waals surface area contributed by atoms with Gasteiger partial charge in [0.05, 0.1) is 6.61 Å². The molecule has 0 aliphatic carbocycles. The van der Waals surface area contributed by atoms with Crippen LogP contribution in [0.4, 0.5) is 8.78 Å². The van der Waals surface area contributed by atoms with Gasteiger partial charge in [0.15, 0.2) is 11.6 Å². The molecule has 132 valence electrons. The number of ether oxygens (including phenoxy) is 1. The summed E-state index contributed by atoms with van der Waals surface area (Å²) in [7, 11) is 5.23. The summed E-state index contributed by atoms with van der Waals surface area (Å²) in [6.45, 7) is 1.34. The Hall–Kier alpha value is -1.28. The fraction of sp³-hybridized carbons (Fsp3) is 0.533. The van der Waals surface area contributed by atoms with E-state index < -0.39 is 17.7 Å². The summed E-state index contributed by atoms with van der Waals surface area (Å²) in [4.78, 5) is 15.8. The summed E-state index contributed by atoms with van der Waals surface area (Å²) >= 11 is 0. The SMILES string of the molecule is COCC(N)C(=O)N(CCN(C)C)Cc1ccc(F)c(F)c1.Cl. The number of likely N-dealkylation sites (N-methyl/N-ethyl adjacent to an activating group) is 1. The highest BCUT2D eigenvalue weighted by Crippen LogP contribution is 2.12. The van der Waals surface area contributed by atoms with Gasteiger partial charge in [-0.15, -0.1) is 12.4 Å². The molecule has 2 N–H and O–H groups in total. The number of carbonyl (C=O) groups excluding carboxylic acids is 1. The Morgan fingerprint density at radius 3 is 2.43 bits per heavy atom. The zero-order valence-electron chi connectivity index (χ0n) is 13.6. The van der Waals surface area contributed by atoms with E-state index in [9.17, 15) is 13.6 Å². The summed E-state index contributed by atoms with van der Waals surface area (Å²) in [5, 5.41) is 0. The fourth-order valence-corrected chi connectivity index (χ4v) is 1.93. The zero-order chi connectivity index (χ0) is 16.7. The Morgan fingerprint density at radius 2 is 1.91 bits per heavy atom. The lowest BCUT2D eigenvalue weighted by Crippen LogP contribution is -2.47. The quantitative estimate of drug-likeness (QED) is 0.766. The van der Waals surface area contributed by atoms with Crippen molar-refractivity contribution in [1.29, 1.82) is 0 Å². The first kappa shape index (κ1) is 21.7. The Kier molecular flexibility index (Phi) is 9.90. The number of halogens is 3. The van der Waals surface area contributed by atoms with Gasteiger partial charge in [0.25, 0.3) is 0 Å². The highest BCUT2D eigenvalue weighted by molar-refractivity contribution is 5.85. The molecule has 0 saturated carbocycles. The second kappa shape index (κ2) is 10.5. The highest BCUT2D eigenvalue weighted by Gasteiger charge is 2.21. The van der Waals surface area contributed by atoms with E-state index in [4.69, 9.17) is 10.5 Å². The van der Waals surface area contributed by atoms with Crippen LogP contribution in [-0.2, 0) is 16.1 Å². The van der Waals surface area contributed by atoms with E-state index >= 15 is 0 Å². The maximum Gasteiger partial charge on any atom is 0.242 e. The second-order valence-corrected chi connectivity index (χ2v) is 5.37. The van der Waals surface area contributed by atoms with Crippen LogP contribution >= 0.6 is 12.4 Å². The minimum atomic E-state index is -0.932. The van der Waals surface area contributed by atoms with E-state index in [1.165, 1.54) is 18.1 Å². The number of rotatable bonds is 8. The molecule has 0 saturated heterocycles. The van der Waals surface area contributed by atoms with Crippen molar-refractivity contribution in [2.75, 3.05) is 40.9 Å². The van der Waals surface area contributed by atoms with E-state index in [1.54, 1.807) is 0 Å². The van der Waals surface area contributed by atoms with Crippen LogP contribution < -0.4 is 5.73 Å². The van der Waals surface area contributed by atoms with Crippen LogP contribution in [0.2, 0.25) is 0 Å². The molecule has 0 spiro atoms. The third kappa shape index (κ3) is 7.22. The molecule has 1 aromatic rings. The van der Waals surface area contributed by atoms with Crippen molar-refractivity contribution in [3.05, 3.63) is 35.4 Å². The maximum atomic E-state index is 13.3. The molecule has 1 aromatic carbocycles. The zero-order valence-corrected chi connectivity index (χ0v) is 14.4. The minimum absolute atomic E-state index is 0. The Bertz CT molecular complexity index is 504. The summed E-state index contributed by atoms with van der Waals surface area (Å²) in [5.41, 5.74) is 6.29. The third-order valence-corrected chi connectivity index (χ3v) is 3.15. The molecular formula is C15H24ClF2N3O2. The van der Waals surface area contributed by atoms with Gasteiger partial charge in [-0.25, -0.2) is 8.78 Å². The number of amides is 1. The van der Waals surface area contributed by atoms with Gasteiger partial charge in [-0.2, -0.15) is 0 Å². The highest BCUT2D eigenvalue weighted by atomic mass is 35.5. The molecule has 1 unspecified atom stereocenters. The molecule has 0 heterocycles. The van der Waals surface area contributed by atoms with Crippen molar-refractivity contribution in [2.45, 2.75) is 12.6 Å². The van der Waals surface area contributed by atoms with Gasteiger partial charge in [0.2, 0.25) is 5.91 Å². The smallest absolute Gasteiger partial charge is 0.242 e. The largest absolute Gasteiger partial charge is 0.383 e. The van der Waals surface area contributed by atoms with Gasteiger partial charge in [0.1, 0.15) is 6.04 Å². The molecule has 1 atom stereocenters. The first-order chi connectivity index (χ1) is 10.3. The maximum absolute atomic E-state index is 13.3. The van der Waals surface area contributed by atoms with E-state index in [0.29, 0.717) is 18.7 Å². The molecule has 1 rings (SSSR count). The summed E-state index contributed by atoms with van der Waals surface area (Å²) in [6, 6.07) is 2.81. The molecule has 0 bridgehead atoms. The predicted molar refractivity (Wildman–Crippen MR) is 87.4 cm³/mol. The van der Waals surface area contributed by atoms with Gasteiger partial charge in [0, 0.05) is 26.7 Å². The van der Waals surface area contributed by atoms with Crippen molar-refractivity contribution in [1.82, 2.24) is 9.80 Å². The van der Waals surface area contributed by atoms with Crippen molar-refractivity contribution in [3.8, 4) is 0 Å². The molecule has 0 radical (unpaired) electrons. The molecule has 0 aliphatic heterocycles. The first-order valence-corrected chi connectivity index (χ1v) is 6.97. The van der Waals surface area contributed by atoms with Gasteiger partial charge in [-0.1, -0.05) is 6.07 Å². The van der Waals surface area contributed by atoms with Gasteiger partial charge < -0.3 is 20.3 Å². The van der Waals surface area contributed by atoms with Crippen molar-refractivity contribution >= 4 is 18.3 Å². The van der Waals surface area contributed by atoms with Crippen LogP contribution in [0.3, 0.4) is 0 Å². The number of carbonyl (C=O) groups is 1. The lowest BCUT2D eigenvalue weighted by atomic mass is 10.1. The Labute approximate surface area is 141 Å². The average molecular weight is 352 g/mol. The van der Waals surface area contributed by atoms with E-state index in [-0.39, 0.29) is 31.5 Å². The van der Waals surface area contributed by atoms with Crippen molar-refractivity contribution in [2.24, 2.45) is 5.73 Å². The van der Waals surface area contributed by atoms with E-state index in [2.05, 4.69) is 0 Å². The monoisotopic (exact) mass is 351 g/mol. The molecule has 0 fully saturated rings. The first-order valence-electron chi connectivity index (χ1n) is 6.97. The van der Waals surface area contributed by atoms with Gasteiger partial charge in [-0.3, -0.25) is 4.79 Å². The number of benzene rings is 1. The van der Waals surface area contributed by atoms with Crippen molar-refractivity contribution < 1.29 is 18.3 Å². The molecule has 23 heavy (non-hydrogen) atoms. The normalized spacial score (nSPS) is 12.0. The van der Waals surface area contributed by atoms with Crippen LogP contribution in [0.15, 0.2) is 18.2 Å². The molecule has 8 heteroatoms. The second-order valence-electron chi connectivity index (χ2n) is 5.37. The van der Waals surface area contributed by atoms with Gasteiger partial charge in [-0.05, 0) is 31.8 Å². The number of nitrogens with zero attached hydrogens (tertiary/aromatic N) is 2. The number of methoxy groups -OCH3 is 1. The van der Waals surface area contributed by atoms with Crippen LogP contribution in [0.25, 0.3) is 0 Å². The summed E-state index contributed by atoms with van der Waals surface area (Å²) in [5.74, 6) is -2.13. The predicted octanol–water partition coefficient (Wildman–Crippen LogP) is 1.25. The third-order valence-electron chi connectivity index (χ3n) is 3.15. The number of hydrogen-bond donors (Lipinski definition) is 1. The number of hydrogen-bond acceptors (Lipinski definition) is 4. The number of nitrogens with two attached hydrogens (primary N) is 1. The Balaban J connectivity index is 0.00000484. The van der Waals surface area contributed by atoms with E-state index in [1.807, 2.05) is 19.0 Å². The summed E-state index contributed by atoms with van der Waals surface area (Å²) in [6.07, 6.45) is 0. The molecule has 1 amide bonds. The lowest BCUT2D eigenvalue weighted by Gasteiger charge is -2.27. The topological polar surface area (TPSA) is 58.8 Å². The minimum Gasteiger partial charge on any atom is -0.383 e. The summed E-state index contributed by atoms with van der Waals surface area (Å²) < 4.78 is 31.2. The van der Waals surface area contributed by atoms with Crippen molar-refractivity contribution in [3.63, 3.8) is 0 Å². The molecular weight excluding hydrogens is 328 g/mol. The van der Waals surface area contributed by atoms with Crippen LogP contribution in [-0.4, -0.2) is 62.7 Å². The van der Waals surface area contributed by atoms with E-state index in [0.717, 1.165) is 12.1 Å². The fourth-order valence-electron chi connectivity index (χ4n) is 1.93. The molecule has 0 aliphatic rings. The average Bonchev–Trinajstić information content (AvgIpc) is 2.46.